The van der Waals surface area contributed by atoms with Crippen LogP contribution in [0.3, 0.4) is 0 Å². The summed E-state index contributed by atoms with van der Waals surface area (Å²) in [5.41, 5.74) is 1.39. The zero-order valence-corrected chi connectivity index (χ0v) is 19.2. The zero-order chi connectivity index (χ0) is 21.7. The van der Waals surface area contributed by atoms with Crippen LogP contribution in [-0.4, -0.2) is 36.8 Å². The van der Waals surface area contributed by atoms with E-state index in [1.165, 1.54) is 23.4 Å². The van der Waals surface area contributed by atoms with E-state index in [0.29, 0.717) is 33.3 Å². The maximum atomic E-state index is 13.0. The maximum Gasteiger partial charge on any atom is 0.307 e. The Hall–Kier alpha value is -2.52. The van der Waals surface area contributed by atoms with E-state index in [4.69, 9.17) is 14.2 Å². The lowest BCUT2D eigenvalue weighted by molar-refractivity contribution is -0.140. The van der Waals surface area contributed by atoms with Gasteiger partial charge in [-0.1, -0.05) is 39.8 Å². The van der Waals surface area contributed by atoms with Crippen molar-refractivity contribution < 1.29 is 19.0 Å². The molecule has 0 saturated carbocycles. The fourth-order valence-corrected chi connectivity index (χ4v) is 4.57. The minimum Gasteiger partial charge on any atom is -0.493 e. The Morgan fingerprint density at radius 1 is 1.13 bits per heavy atom. The molecule has 2 aromatic carbocycles. The van der Waals surface area contributed by atoms with Crippen LogP contribution in [0, 0.1) is 0 Å². The number of rotatable bonds is 8. The first kappa shape index (κ1) is 22.2. The predicted molar refractivity (Wildman–Crippen MR) is 119 cm³/mol. The molecule has 0 amide bonds. The molecule has 3 aromatic rings. The van der Waals surface area contributed by atoms with Crippen molar-refractivity contribution >= 4 is 44.6 Å². The molecule has 1 heterocycles. The number of aromatic nitrogens is 2. The van der Waals surface area contributed by atoms with Crippen molar-refractivity contribution in [2.75, 3.05) is 21.3 Å². The maximum absolute atomic E-state index is 13.0. The third-order valence-electron chi connectivity index (χ3n) is 4.50. The van der Waals surface area contributed by atoms with Gasteiger partial charge < -0.3 is 14.2 Å². The Kier molecular flexibility index (Phi) is 7.38. The van der Waals surface area contributed by atoms with Crippen LogP contribution in [0.1, 0.15) is 12.0 Å². The lowest BCUT2D eigenvalue weighted by Crippen LogP contribution is -2.24. The molecular formula is C21H21BrN2O5S. The van der Waals surface area contributed by atoms with Crippen LogP contribution < -0.4 is 15.0 Å². The highest BCUT2D eigenvalue weighted by Gasteiger charge is 2.15. The number of nitrogens with zero attached hydrogens (tertiary/aromatic N) is 2. The molecule has 9 heteroatoms. The quantitative estimate of drug-likeness (QED) is 0.266. The number of hydrogen-bond donors (Lipinski definition) is 0. The summed E-state index contributed by atoms with van der Waals surface area (Å²) >= 11 is 4.97. The van der Waals surface area contributed by atoms with Crippen molar-refractivity contribution in [3.63, 3.8) is 0 Å². The van der Waals surface area contributed by atoms with E-state index in [9.17, 15) is 9.59 Å². The molecule has 0 aliphatic rings. The number of carbonyl (C=O) groups excluding carboxylic acids is 1. The molecule has 0 spiro atoms. The second-order valence-corrected chi connectivity index (χ2v) is 8.08. The Balaban J connectivity index is 1.96. The highest BCUT2D eigenvalue weighted by molar-refractivity contribution is 9.10. The van der Waals surface area contributed by atoms with E-state index in [-0.39, 0.29) is 24.5 Å². The molecular weight excluding hydrogens is 472 g/mol. The molecule has 158 valence electrons. The molecule has 0 saturated heterocycles. The Morgan fingerprint density at radius 2 is 1.83 bits per heavy atom. The lowest BCUT2D eigenvalue weighted by Gasteiger charge is -2.14. The van der Waals surface area contributed by atoms with Crippen molar-refractivity contribution in [1.29, 1.82) is 0 Å². The van der Waals surface area contributed by atoms with Crippen LogP contribution in [0.2, 0.25) is 0 Å². The molecule has 0 radical (unpaired) electrons. The second-order valence-electron chi connectivity index (χ2n) is 6.28. The lowest BCUT2D eigenvalue weighted by atomic mass is 10.2. The van der Waals surface area contributed by atoms with Gasteiger partial charge in [-0.05, 0) is 29.8 Å². The van der Waals surface area contributed by atoms with Crippen molar-refractivity contribution in [2.45, 2.75) is 23.9 Å². The molecule has 0 fully saturated rings. The summed E-state index contributed by atoms with van der Waals surface area (Å²) in [6.45, 7) is 0.193. The normalized spacial score (nSPS) is 10.8. The van der Waals surface area contributed by atoms with Gasteiger partial charge in [-0.2, -0.15) is 0 Å². The van der Waals surface area contributed by atoms with Crippen molar-refractivity contribution in [3.8, 4) is 11.5 Å². The van der Waals surface area contributed by atoms with Crippen LogP contribution in [0.4, 0.5) is 0 Å². The van der Waals surface area contributed by atoms with Crippen molar-refractivity contribution in [1.82, 2.24) is 9.55 Å². The van der Waals surface area contributed by atoms with Gasteiger partial charge in [-0.3, -0.25) is 14.2 Å². The van der Waals surface area contributed by atoms with Crippen molar-refractivity contribution in [3.05, 3.63) is 56.8 Å². The second kappa shape index (κ2) is 9.99. The summed E-state index contributed by atoms with van der Waals surface area (Å²) in [6.07, 6.45) is 0.0873. The number of fused-ring (bicyclic) bond motifs is 1. The number of methoxy groups -OCH3 is 3. The van der Waals surface area contributed by atoms with Gasteiger partial charge in [-0.25, -0.2) is 4.98 Å². The van der Waals surface area contributed by atoms with Crippen molar-refractivity contribution in [2.24, 2.45) is 0 Å². The molecule has 30 heavy (non-hydrogen) atoms. The molecule has 0 atom stereocenters. The topological polar surface area (TPSA) is 79.7 Å². The zero-order valence-electron chi connectivity index (χ0n) is 16.8. The van der Waals surface area contributed by atoms with Gasteiger partial charge in [0.15, 0.2) is 16.7 Å². The highest BCUT2D eigenvalue weighted by atomic mass is 79.9. The molecule has 0 unspecified atom stereocenters. The number of para-hydroxylation sites is 1. The standard InChI is InChI=1S/C21H21BrN2O5S/c1-27-17-10-13(15(22)11-18(17)28-2)12-30-21-23-16-7-5-4-6-14(16)20(26)24(21)9-8-19(25)29-3/h4-7,10-11H,8-9,12H2,1-3H3. The summed E-state index contributed by atoms with van der Waals surface area (Å²) < 4.78 is 17.8. The molecule has 0 bridgehead atoms. The van der Waals surface area contributed by atoms with Crippen LogP contribution >= 0.6 is 27.7 Å². The number of esters is 1. The fourth-order valence-electron chi connectivity index (χ4n) is 2.91. The largest absolute Gasteiger partial charge is 0.493 e. The summed E-state index contributed by atoms with van der Waals surface area (Å²) in [5, 5.41) is 1.04. The van der Waals surface area contributed by atoms with Gasteiger partial charge in [0, 0.05) is 16.8 Å². The summed E-state index contributed by atoms with van der Waals surface area (Å²) in [4.78, 5) is 29.3. The summed E-state index contributed by atoms with van der Waals surface area (Å²) in [5.74, 6) is 1.39. The molecule has 7 nitrogen and oxygen atoms in total. The molecule has 0 N–H and O–H groups in total. The van der Waals surface area contributed by atoms with E-state index in [0.717, 1.165) is 10.0 Å². The Morgan fingerprint density at radius 3 is 2.53 bits per heavy atom. The van der Waals surface area contributed by atoms with Gasteiger partial charge in [0.2, 0.25) is 0 Å². The Bertz CT molecular complexity index is 1130. The summed E-state index contributed by atoms with van der Waals surface area (Å²) in [6, 6.07) is 10.9. The monoisotopic (exact) mass is 492 g/mol. The number of hydrogen-bond acceptors (Lipinski definition) is 7. The third-order valence-corrected chi connectivity index (χ3v) is 6.27. The predicted octanol–water partition coefficient (Wildman–Crippen LogP) is 4.03. The number of ether oxygens (including phenoxy) is 3. The average Bonchev–Trinajstić information content (AvgIpc) is 2.77. The minimum absolute atomic E-state index is 0.0873. The molecule has 0 aliphatic carbocycles. The van der Waals surface area contributed by atoms with Crippen LogP contribution in [0.25, 0.3) is 10.9 Å². The summed E-state index contributed by atoms with van der Waals surface area (Å²) in [7, 11) is 4.49. The smallest absolute Gasteiger partial charge is 0.307 e. The van der Waals surface area contributed by atoms with Gasteiger partial charge in [0.1, 0.15) is 0 Å². The number of halogens is 1. The highest BCUT2D eigenvalue weighted by Crippen LogP contribution is 2.36. The van der Waals surface area contributed by atoms with Crippen LogP contribution in [-0.2, 0) is 21.8 Å². The first-order valence-electron chi connectivity index (χ1n) is 9.08. The van der Waals surface area contributed by atoms with E-state index >= 15 is 0 Å². The van der Waals surface area contributed by atoms with Crippen LogP contribution in [0.15, 0.2) is 50.8 Å². The van der Waals surface area contributed by atoms with E-state index < -0.39 is 0 Å². The minimum atomic E-state index is -0.381. The first-order chi connectivity index (χ1) is 14.5. The van der Waals surface area contributed by atoms with Gasteiger partial charge in [0.05, 0.1) is 38.7 Å². The number of carbonyl (C=O) groups is 1. The first-order valence-corrected chi connectivity index (χ1v) is 10.9. The molecule has 3 rings (SSSR count). The van der Waals surface area contributed by atoms with Gasteiger partial charge in [0.25, 0.3) is 5.56 Å². The van der Waals surface area contributed by atoms with E-state index in [1.807, 2.05) is 18.2 Å². The van der Waals surface area contributed by atoms with E-state index in [2.05, 4.69) is 20.9 Å². The fraction of sp³-hybridized carbons (Fsp3) is 0.286. The molecule has 0 aliphatic heterocycles. The third kappa shape index (κ3) is 4.79. The van der Waals surface area contributed by atoms with E-state index in [1.54, 1.807) is 32.4 Å². The van der Waals surface area contributed by atoms with Gasteiger partial charge in [-0.15, -0.1) is 0 Å². The average molecular weight is 493 g/mol. The van der Waals surface area contributed by atoms with Crippen LogP contribution in [0.5, 0.6) is 11.5 Å². The SMILES string of the molecule is COC(=O)CCn1c(SCc2cc(OC)c(OC)cc2Br)nc2ccccc2c1=O. The molecule has 1 aromatic heterocycles. The number of benzene rings is 2. The van der Waals surface area contributed by atoms with Gasteiger partial charge >= 0.3 is 5.97 Å². The Labute approximate surface area is 186 Å². The number of thioether (sulfide) groups is 1.